The van der Waals surface area contributed by atoms with E-state index in [1.165, 1.54) is 0 Å². The highest BCUT2D eigenvalue weighted by molar-refractivity contribution is 4.89. The predicted molar refractivity (Wildman–Crippen MR) is 54.2 cm³/mol. The fourth-order valence-corrected chi connectivity index (χ4v) is 1.33. The molecule has 5 nitrogen and oxygen atoms in total. The predicted octanol–water partition coefficient (Wildman–Crippen LogP) is 1.51. The van der Waals surface area contributed by atoms with Gasteiger partial charge in [0.15, 0.2) is 5.82 Å². The number of aromatic nitrogens is 4. The molecule has 2 aromatic heterocycles. The maximum absolute atomic E-state index is 5.12. The average Bonchev–Trinajstić information content (AvgIpc) is 2.77. The van der Waals surface area contributed by atoms with E-state index in [4.69, 9.17) is 4.52 Å². The lowest BCUT2D eigenvalue weighted by atomic mass is 10.1. The largest absolute Gasteiger partial charge is 0.337 e. The summed E-state index contributed by atoms with van der Waals surface area (Å²) in [4.78, 5) is 4.29. The van der Waals surface area contributed by atoms with Crippen LogP contribution in [0.1, 0.15) is 25.6 Å². The van der Waals surface area contributed by atoms with E-state index in [9.17, 15) is 0 Å². The molecule has 0 bridgehead atoms. The van der Waals surface area contributed by atoms with E-state index < -0.39 is 0 Å². The van der Waals surface area contributed by atoms with Crippen molar-refractivity contribution in [3.8, 4) is 0 Å². The summed E-state index contributed by atoms with van der Waals surface area (Å²) in [5.74, 6) is 1.92. The first-order valence-corrected chi connectivity index (χ1v) is 5.03. The molecule has 2 aromatic rings. The van der Waals surface area contributed by atoms with E-state index in [1.54, 1.807) is 10.9 Å². The molecule has 0 saturated heterocycles. The van der Waals surface area contributed by atoms with Crippen molar-refractivity contribution >= 4 is 0 Å². The van der Waals surface area contributed by atoms with Gasteiger partial charge in [0.2, 0.25) is 5.89 Å². The van der Waals surface area contributed by atoms with E-state index in [1.807, 2.05) is 12.3 Å². The number of rotatable bonds is 4. The lowest BCUT2D eigenvalue weighted by molar-refractivity contribution is 0.359. The van der Waals surface area contributed by atoms with Crippen molar-refractivity contribution in [2.45, 2.75) is 26.8 Å². The maximum atomic E-state index is 5.12. The summed E-state index contributed by atoms with van der Waals surface area (Å²) >= 11 is 0. The Morgan fingerprint density at radius 3 is 3.00 bits per heavy atom. The summed E-state index contributed by atoms with van der Waals surface area (Å²) < 4.78 is 6.87. The van der Waals surface area contributed by atoms with Crippen LogP contribution in [-0.2, 0) is 13.0 Å². The second-order valence-electron chi connectivity index (χ2n) is 3.91. The smallest absolute Gasteiger partial charge is 0.248 e. The summed E-state index contributed by atoms with van der Waals surface area (Å²) in [7, 11) is 0. The van der Waals surface area contributed by atoms with Gasteiger partial charge in [-0.3, -0.25) is 4.68 Å². The molecule has 0 aliphatic carbocycles. The summed E-state index contributed by atoms with van der Waals surface area (Å²) in [5.41, 5.74) is 0. The average molecular weight is 206 g/mol. The molecule has 0 amide bonds. The van der Waals surface area contributed by atoms with Crippen LogP contribution in [0.15, 0.2) is 23.0 Å². The van der Waals surface area contributed by atoms with E-state index in [2.05, 4.69) is 29.1 Å². The van der Waals surface area contributed by atoms with Crippen molar-refractivity contribution < 1.29 is 4.52 Å². The topological polar surface area (TPSA) is 56.7 Å². The molecule has 15 heavy (non-hydrogen) atoms. The number of hydrogen-bond acceptors (Lipinski definition) is 4. The van der Waals surface area contributed by atoms with E-state index in [0.29, 0.717) is 18.4 Å². The zero-order valence-electron chi connectivity index (χ0n) is 8.92. The highest BCUT2D eigenvalue weighted by Gasteiger charge is 2.08. The zero-order valence-corrected chi connectivity index (χ0v) is 8.92. The fraction of sp³-hybridized carbons (Fsp3) is 0.500. The molecular formula is C10H14N4O. The standard InChI is InChI=1S/C10H14N4O/c1-8(2)6-9-12-10(15-13-9)7-14-5-3-4-11-14/h3-5,8H,6-7H2,1-2H3. The molecule has 0 N–H and O–H groups in total. The van der Waals surface area contributed by atoms with Crippen LogP contribution in [0.2, 0.25) is 0 Å². The molecule has 0 spiro atoms. The van der Waals surface area contributed by atoms with Gasteiger partial charge in [-0.2, -0.15) is 10.1 Å². The molecule has 0 fully saturated rings. The fourth-order valence-electron chi connectivity index (χ4n) is 1.33. The molecular weight excluding hydrogens is 192 g/mol. The molecule has 0 aromatic carbocycles. The van der Waals surface area contributed by atoms with Gasteiger partial charge in [-0.25, -0.2) is 0 Å². The number of nitrogens with zero attached hydrogens (tertiary/aromatic N) is 4. The second-order valence-corrected chi connectivity index (χ2v) is 3.91. The monoisotopic (exact) mass is 206 g/mol. The zero-order chi connectivity index (χ0) is 10.7. The Labute approximate surface area is 88.1 Å². The van der Waals surface area contributed by atoms with Crippen LogP contribution in [-0.4, -0.2) is 19.9 Å². The molecule has 80 valence electrons. The Hall–Kier alpha value is -1.65. The van der Waals surface area contributed by atoms with Crippen LogP contribution in [0.5, 0.6) is 0 Å². The molecule has 2 rings (SSSR count). The minimum atomic E-state index is 0.540. The highest BCUT2D eigenvalue weighted by atomic mass is 16.5. The van der Waals surface area contributed by atoms with Crippen LogP contribution >= 0.6 is 0 Å². The molecule has 0 aliphatic heterocycles. The second kappa shape index (κ2) is 4.25. The quantitative estimate of drug-likeness (QED) is 0.760. The lowest BCUT2D eigenvalue weighted by Gasteiger charge is -1.96. The Balaban J connectivity index is 2.01. The van der Waals surface area contributed by atoms with Crippen LogP contribution < -0.4 is 0 Å². The maximum Gasteiger partial charge on any atom is 0.248 e. The Kier molecular flexibility index (Phi) is 2.80. The van der Waals surface area contributed by atoms with Crippen LogP contribution in [0.4, 0.5) is 0 Å². The summed E-state index contributed by atoms with van der Waals surface area (Å²) in [5, 5.41) is 7.98. The van der Waals surface area contributed by atoms with Crippen molar-refractivity contribution in [1.29, 1.82) is 0 Å². The normalized spacial score (nSPS) is 11.1. The van der Waals surface area contributed by atoms with E-state index >= 15 is 0 Å². The first-order chi connectivity index (χ1) is 7.24. The van der Waals surface area contributed by atoms with Crippen molar-refractivity contribution in [3.05, 3.63) is 30.2 Å². The van der Waals surface area contributed by atoms with Crippen molar-refractivity contribution in [3.63, 3.8) is 0 Å². The molecule has 0 aliphatic rings. The minimum absolute atomic E-state index is 0.540. The minimum Gasteiger partial charge on any atom is -0.337 e. The van der Waals surface area contributed by atoms with Crippen molar-refractivity contribution in [1.82, 2.24) is 19.9 Å². The Morgan fingerprint density at radius 2 is 2.33 bits per heavy atom. The first kappa shape index (κ1) is 9.89. The van der Waals surface area contributed by atoms with Gasteiger partial charge in [-0.15, -0.1) is 0 Å². The Morgan fingerprint density at radius 1 is 1.47 bits per heavy atom. The third-order valence-corrected chi connectivity index (χ3v) is 1.96. The summed E-state index contributed by atoms with van der Waals surface area (Å²) in [6.07, 6.45) is 4.44. The van der Waals surface area contributed by atoms with E-state index in [0.717, 1.165) is 12.2 Å². The van der Waals surface area contributed by atoms with Gasteiger partial charge in [-0.05, 0) is 12.0 Å². The number of hydrogen-bond donors (Lipinski definition) is 0. The molecule has 0 saturated carbocycles. The SMILES string of the molecule is CC(C)Cc1noc(Cn2cccn2)n1. The lowest BCUT2D eigenvalue weighted by Crippen LogP contribution is -2.01. The molecule has 5 heteroatoms. The van der Waals surface area contributed by atoms with Crippen LogP contribution in [0.25, 0.3) is 0 Å². The van der Waals surface area contributed by atoms with Gasteiger partial charge in [-0.1, -0.05) is 19.0 Å². The molecule has 2 heterocycles. The van der Waals surface area contributed by atoms with Crippen molar-refractivity contribution in [2.75, 3.05) is 0 Å². The van der Waals surface area contributed by atoms with Crippen LogP contribution in [0, 0.1) is 5.92 Å². The highest BCUT2D eigenvalue weighted by Crippen LogP contribution is 2.05. The first-order valence-electron chi connectivity index (χ1n) is 5.03. The van der Waals surface area contributed by atoms with E-state index in [-0.39, 0.29) is 0 Å². The van der Waals surface area contributed by atoms with Gasteiger partial charge in [0.05, 0.1) is 0 Å². The summed E-state index contributed by atoms with van der Waals surface area (Å²) in [6.45, 7) is 4.80. The summed E-state index contributed by atoms with van der Waals surface area (Å²) in [6, 6.07) is 1.87. The van der Waals surface area contributed by atoms with Gasteiger partial charge < -0.3 is 4.52 Å². The Bertz CT molecular complexity index is 405. The molecule has 0 unspecified atom stereocenters. The third-order valence-electron chi connectivity index (χ3n) is 1.96. The van der Waals surface area contributed by atoms with Crippen molar-refractivity contribution in [2.24, 2.45) is 5.92 Å². The van der Waals surface area contributed by atoms with Gasteiger partial charge in [0.25, 0.3) is 0 Å². The van der Waals surface area contributed by atoms with Gasteiger partial charge in [0, 0.05) is 18.8 Å². The molecule has 0 radical (unpaired) electrons. The molecule has 0 atom stereocenters. The third kappa shape index (κ3) is 2.65. The van der Waals surface area contributed by atoms with Gasteiger partial charge in [0.1, 0.15) is 6.54 Å². The van der Waals surface area contributed by atoms with Crippen LogP contribution in [0.3, 0.4) is 0 Å². The van der Waals surface area contributed by atoms with Gasteiger partial charge >= 0.3 is 0 Å².